The lowest BCUT2D eigenvalue weighted by atomic mass is 9.82. The Kier molecular flexibility index (Phi) is 5.75. The van der Waals surface area contributed by atoms with Gasteiger partial charge in [0.15, 0.2) is 0 Å². The second kappa shape index (κ2) is 9.88. The number of fused-ring (bicyclic) bond motifs is 8. The SMILES string of the molecule is CC1(C)c2ccccc2-c2ccc(N(c3ccc(-c4ccccc4)cc3)c3ccc4sc5c6ccccc6ccc5c4n3)cc21. The van der Waals surface area contributed by atoms with Crippen molar-refractivity contribution in [3.8, 4) is 22.3 Å². The highest BCUT2D eigenvalue weighted by atomic mass is 32.1. The van der Waals surface area contributed by atoms with Crippen molar-refractivity contribution in [3.05, 3.63) is 157 Å². The molecule has 45 heavy (non-hydrogen) atoms. The van der Waals surface area contributed by atoms with Crippen LogP contribution in [0.25, 0.3) is 53.3 Å². The molecule has 0 fully saturated rings. The summed E-state index contributed by atoms with van der Waals surface area (Å²) in [6.07, 6.45) is 0. The molecule has 0 N–H and O–H groups in total. The molecule has 0 saturated heterocycles. The second-order valence-corrected chi connectivity index (χ2v) is 13.5. The first-order chi connectivity index (χ1) is 22.1. The van der Waals surface area contributed by atoms with Crippen molar-refractivity contribution in [2.45, 2.75) is 19.3 Å². The molecular formula is C42H30N2S. The van der Waals surface area contributed by atoms with Crippen LogP contribution in [0.4, 0.5) is 17.2 Å². The minimum atomic E-state index is -0.0905. The molecule has 8 aromatic rings. The van der Waals surface area contributed by atoms with E-state index in [-0.39, 0.29) is 5.41 Å². The molecule has 9 rings (SSSR count). The fourth-order valence-corrected chi connectivity index (χ4v) is 8.34. The Balaban J connectivity index is 1.24. The van der Waals surface area contributed by atoms with Gasteiger partial charge in [0.25, 0.3) is 0 Å². The molecule has 2 nitrogen and oxygen atoms in total. The molecule has 214 valence electrons. The van der Waals surface area contributed by atoms with E-state index in [1.807, 2.05) is 11.3 Å². The summed E-state index contributed by atoms with van der Waals surface area (Å²) < 4.78 is 2.50. The van der Waals surface area contributed by atoms with Gasteiger partial charge in [-0.05, 0) is 80.6 Å². The van der Waals surface area contributed by atoms with Crippen molar-refractivity contribution >= 4 is 59.6 Å². The zero-order valence-corrected chi connectivity index (χ0v) is 26.0. The van der Waals surface area contributed by atoms with E-state index in [2.05, 4.69) is 164 Å². The Bertz CT molecular complexity index is 2400. The summed E-state index contributed by atoms with van der Waals surface area (Å²) in [5.41, 5.74) is 10.9. The lowest BCUT2D eigenvalue weighted by molar-refractivity contribution is 0.660. The van der Waals surface area contributed by atoms with Crippen molar-refractivity contribution in [2.75, 3.05) is 4.90 Å². The summed E-state index contributed by atoms with van der Waals surface area (Å²) in [6.45, 7) is 4.68. The Hall–Kier alpha value is -5.25. The van der Waals surface area contributed by atoms with Crippen LogP contribution < -0.4 is 4.90 Å². The first-order valence-electron chi connectivity index (χ1n) is 15.5. The maximum Gasteiger partial charge on any atom is 0.138 e. The minimum Gasteiger partial charge on any atom is -0.295 e. The van der Waals surface area contributed by atoms with E-state index < -0.39 is 0 Å². The number of hydrogen-bond donors (Lipinski definition) is 0. The number of thiophene rings is 1. The van der Waals surface area contributed by atoms with Crippen LogP contribution in [-0.4, -0.2) is 4.98 Å². The van der Waals surface area contributed by atoms with E-state index in [1.54, 1.807) is 0 Å². The largest absolute Gasteiger partial charge is 0.295 e. The normalized spacial score (nSPS) is 13.3. The van der Waals surface area contributed by atoms with Crippen molar-refractivity contribution in [1.82, 2.24) is 4.98 Å². The lowest BCUT2D eigenvalue weighted by Crippen LogP contribution is -2.17. The van der Waals surface area contributed by atoms with Crippen LogP contribution in [0.3, 0.4) is 0 Å². The summed E-state index contributed by atoms with van der Waals surface area (Å²) in [5.74, 6) is 0.913. The number of aromatic nitrogens is 1. The third-order valence-corrected chi connectivity index (χ3v) is 10.7. The highest BCUT2D eigenvalue weighted by molar-refractivity contribution is 7.26. The number of anilines is 3. The van der Waals surface area contributed by atoms with Gasteiger partial charge in [-0.2, -0.15) is 0 Å². The fraction of sp³-hybridized carbons (Fsp3) is 0.0714. The molecule has 0 saturated carbocycles. The van der Waals surface area contributed by atoms with Crippen LogP contribution in [0.2, 0.25) is 0 Å². The molecule has 0 amide bonds. The summed E-state index contributed by atoms with van der Waals surface area (Å²) in [6, 6.07) is 52.7. The molecule has 0 radical (unpaired) electrons. The molecule has 6 aromatic carbocycles. The second-order valence-electron chi connectivity index (χ2n) is 12.4. The fourth-order valence-electron chi connectivity index (χ4n) is 7.16. The number of benzene rings is 6. The Morgan fingerprint density at radius 1 is 0.556 bits per heavy atom. The van der Waals surface area contributed by atoms with E-state index in [1.165, 1.54) is 58.9 Å². The van der Waals surface area contributed by atoms with Gasteiger partial charge in [0.05, 0.1) is 10.2 Å². The van der Waals surface area contributed by atoms with E-state index >= 15 is 0 Å². The minimum absolute atomic E-state index is 0.0905. The van der Waals surface area contributed by atoms with Gasteiger partial charge in [-0.15, -0.1) is 11.3 Å². The molecule has 1 aliphatic rings. The average molecular weight is 595 g/mol. The predicted octanol–water partition coefficient (Wildman–Crippen LogP) is 12.0. The van der Waals surface area contributed by atoms with Crippen molar-refractivity contribution in [3.63, 3.8) is 0 Å². The Labute approximate surface area is 266 Å². The van der Waals surface area contributed by atoms with Crippen LogP contribution in [-0.2, 0) is 5.41 Å². The molecule has 1 aliphatic carbocycles. The maximum atomic E-state index is 5.41. The number of nitrogens with zero attached hydrogens (tertiary/aromatic N) is 2. The summed E-state index contributed by atoms with van der Waals surface area (Å²) in [4.78, 5) is 7.73. The zero-order valence-electron chi connectivity index (χ0n) is 25.2. The quantitative estimate of drug-likeness (QED) is 0.201. The third kappa shape index (κ3) is 4.04. The molecule has 0 spiro atoms. The highest BCUT2D eigenvalue weighted by Crippen LogP contribution is 2.50. The van der Waals surface area contributed by atoms with E-state index in [4.69, 9.17) is 4.98 Å². The van der Waals surface area contributed by atoms with E-state index in [9.17, 15) is 0 Å². The van der Waals surface area contributed by atoms with Crippen LogP contribution in [0, 0.1) is 0 Å². The Morgan fingerprint density at radius 2 is 1.27 bits per heavy atom. The Morgan fingerprint density at radius 3 is 2.13 bits per heavy atom. The number of rotatable bonds is 4. The van der Waals surface area contributed by atoms with Crippen molar-refractivity contribution in [1.29, 1.82) is 0 Å². The molecule has 3 heteroatoms. The summed E-state index contributed by atoms with van der Waals surface area (Å²) in [7, 11) is 0. The first-order valence-corrected chi connectivity index (χ1v) is 16.3. The van der Waals surface area contributed by atoms with Crippen LogP contribution in [0.1, 0.15) is 25.0 Å². The van der Waals surface area contributed by atoms with Gasteiger partial charge in [0.2, 0.25) is 0 Å². The van der Waals surface area contributed by atoms with Gasteiger partial charge in [0.1, 0.15) is 5.82 Å². The zero-order chi connectivity index (χ0) is 30.1. The molecule has 2 heterocycles. The standard InChI is InChI=1S/C42H30N2S/c1-42(2)36-15-9-8-14-33(36)34-23-21-31(26-37(34)42)44(30-19-16-28(17-20-30)27-10-4-3-5-11-27)39-25-24-38-40(43-39)35-22-18-29-12-6-7-13-32(29)41(35)45-38/h3-26H,1-2H3. The molecule has 0 unspecified atom stereocenters. The van der Waals surface area contributed by atoms with Gasteiger partial charge < -0.3 is 0 Å². The van der Waals surface area contributed by atoms with Gasteiger partial charge in [-0.1, -0.05) is 123 Å². The lowest BCUT2D eigenvalue weighted by Gasteiger charge is -2.27. The van der Waals surface area contributed by atoms with E-state index in [0.717, 1.165) is 22.7 Å². The van der Waals surface area contributed by atoms with Gasteiger partial charge >= 0.3 is 0 Å². The van der Waals surface area contributed by atoms with Crippen molar-refractivity contribution < 1.29 is 0 Å². The molecular weight excluding hydrogens is 565 g/mol. The smallest absolute Gasteiger partial charge is 0.138 e. The monoisotopic (exact) mass is 594 g/mol. The van der Waals surface area contributed by atoms with Gasteiger partial charge in [0, 0.05) is 26.9 Å². The van der Waals surface area contributed by atoms with E-state index in [0.29, 0.717) is 0 Å². The molecule has 0 atom stereocenters. The maximum absolute atomic E-state index is 5.41. The molecule has 2 aromatic heterocycles. The predicted molar refractivity (Wildman–Crippen MR) is 192 cm³/mol. The average Bonchev–Trinajstić information content (AvgIpc) is 3.58. The molecule has 0 bridgehead atoms. The first kappa shape index (κ1) is 26.2. The van der Waals surface area contributed by atoms with Gasteiger partial charge in [-0.3, -0.25) is 4.90 Å². The van der Waals surface area contributed by atoms with Crippen LogP contribution in [0.5, 0.6) is 0 Å². The summed E-state index contributed by atoms with van der Waals surface area (Å²) in [5, 5.41) is 3.76. The highest BCUT2D eigenvalue weighted by Gasteiger charge is 2.35. The molecule has 0 aliphatic heterocycles. The van der Waals surface area contributed by atoms with Crippen LogP contribution in [0.15, 0.2) is 146 Å². The van der Waals surface area contributed by atoms with Crippen molar-refractivity contribution in [2.24, 2.45) is 0 Å². The number of hydrogen-bond acceptors (Lipinski definition) is 3. The van der Waals surface area contributed by atoms with Gasteiger partial charge in [-0.25, -0.2) is 4.98 Å². The topological polar surface area (TPSA) is 16.1 Å². The van der Waals surface area contributed by atoms with Crippen LogP contribution >= 0.6 is 11.3 Å². The third-order valence-electron chi connectivity index (χ3n) is 9.48. The number of pyridine rings is 1. The summed E-state index contributed by atoms with van der Waals surface area (Å²) >= 11 is 1.83.